The van der Waals surface area contributed by atoms with Crippen LogP contribution in [0, 0.1) is 23.2 Å². The van der Waals surface area contributed by atoms with Gasteiger partial charge in [0.1, 0.15) is 37.1 Å². The molecule has 2 aromatic rings. The summed E-state index contributed by atoms with van der Waals surface area (Å²) in [6, 6.07) is 19.1. The number of carbonyl (C=O) groups is 1. The molecule has 5 rings (SSSR count). The third-order valence-corrected chi connectivity index (χ3v) is 13.9. The molecule has 8 nitrogen and oxygen atoms in total. The van der Waals surface area contributed by atoms with E-state index >= 15 is 4.79 Å². The molecule has 2 bridgehead atoms. The molecule has 280 valence electrons. The smallest absolute Gasteiger partial charge is 0.184 e. The molecule has 0 unspecified atom stereocenters. The Bertz CT molecular complexity index is 1470. The zero-order chi connectivity index (χ0) is 36.8. The second-order valence-electron chi connectivity index (χ2n) is 15.8. The van der Waals surface area contributed by atoms with Crippen LogP contribution in [0.15, 0.2) is 83.8 Å². The van der Waals surface area contributed by atoms with Crippen molar-refractivity contribution in [2.45, 2.75) is 93.5 Å². The lowest BCUT2D eigenvalue weighted by Crippen LogP contribution is -2.63. The SMILES string of the molecule is C=C[C@H]1O[C@@H](c2ccc(OC)cc2)OC[C@@]1(OCOCC[Si](C)(C)C)[C@@H]1[C@H](C)C(=O)[C@H](OCOC)[C@H]2CC/C(=C\[C@H]1Sc1ccccc1)C2(C)C. The van der Waals surface area contributed by atoms with Gasteiger partial charge in [-0.1, -0.05) is 88.5 Å². The van der Waals surface area contributed by atoms with E-state index in [1.54, 1.807) is 32.1 Å². The van der Waals surface area contributed by atoms with E-state index in [4.69, 9.17) is 33.2 Å². The van der Waals surface area contributed by atoms with Crippen LogP contribution in [0.3, 0.4) is 0 Å². The highest BCUT2D eigenvalue weighted by atomic mass is 32.2. The second kappa shape index (κ2) is 17.2. The van der Waals surface area contributed by atoms with Crippen LogP contribution in [0.4, 0.5) is 0 Å². The Morgan fingerprint density at radius 1 is 1.04 bits per heavy atom. The average molecular weight is 739 g/mol. The number of methoxy groups -OCH3 is 2. The molecule has 2 aliphatic carbocycles. The van der Waals surface area contributed by atoms with Crippen molar-refractivity contribution < 1.29 is 38.0 Å². The molecule has 0 spiro atoms. The molecule has 51 heavy (non-hydrogen) atoms. The largest absolute Gasteiger partial charge is 0.497 e. The summed E-state index contributed by atoms with van der Waals surface area (Å²) >= 11 is 1.75. The molecule has 8 atom stereocenters. The molecule has 1 aliphatic heterocycles. The molecule has 1 saturated heterocycles. The summed E-state index contributed by atoms with van der Waals surface area (Å²) in [6.07, 6.45) is 4.02. The maximum absolute atomic E-state index is 15.0. The standard InChI is InChI=1S/C41H58O8SSi/c1-10-35-41(48-27-45-22-23-51(7,8)9,25-46-39(49-35)29-16-19-31(44-6)20-17-29)36-28(2)37(42)38(47-26-43-5)33-21-18-30(40(33,3)4)24-34(36)50-32-14-12-11-13-15-32/h10-17,19-20,24,28,33-36,38-39H,1,18,21-23,25-27H2,2-9H3/b30-24+/t28-,33+,34+,35+,36+,38+,39-,41-/m0/s1. The molecule has 0 radical (unpaired) electrons. The van der Waals surface area contributed by atoms with E-state index in [-0.39, 0.29) is 42.6 Å². The fraction of sp³-hybridized carbons (Fsp3) is 0.585. The third-order valence-electron chi connectivity index (χ3n) is 11.0. The van der Waals surface area contributed by atoms with Crippen LogP contribution in [0.1, 0.15) is 45.5 Å². The first-order valence-corrected chi connectivity index (χ1v) is 22.8. The lowest BCUT2D eigenvalue weighted by Gasteiger charge is -2.52. The van der Waals surface area contributed by atoms with Gasteiger partial charge in [0.15, 0.2) is 12.1 Å². The second-order valence-corrected chi connectivity index (χ2v) is 22.7. The fourth-order valence-electron chi connectivity index (χ4n) is 7.95. The monoisotopic (exact) mass is 738 g/mol. The Morgan fingerprint density at radius 3 is 2.41 bits per heavy atom. The van der Waals surface area contributed by atoms with E-state index in [1.165, 1.54) is 5.57 Å². The van der Waals surface area contributed by atoms with Crippen molar-refractivity contribution in [1.29, 1.82) is 0 Å². The van der Waals surface area contributed by atoms with Gasteiger partial charge in [-0.2, -0.15) is 0 Å². The van der Waals surface area contributed by atoms with Crippen molar-refractivity contribution in [1.82, 2.24) is 0 Å². The number of carbonyl (C=O) groups excluding carboxylic acids is 1. The van der Waals surface area contributed by atoms with E-state index in [1.807, 2.05) is 37.3 Å². The third kappa shape index (κ3) is 9.09. The highest BCUT2D eigenvalue weighted by molar-refractivity contribution is 8.00. The van der Waals surface area contributed by atoms with Gasteiger partial charge in [-0.25, -0.2) is 0 Å². The minimum absolute atomic E-state index is 0.00486. The van der Waals surface area contributed by atoms with E-state index in [2.05, 4.69) is 70.4 Å². The normalized spacial score (nSPS) is 32.0. The highest BCUT2D eigenvalue weighted by Gasteiger charge is 2.59. The number of hydrogen-bond acceptors (Lipinski definition) is 9. The summed E-state index contributed by atoms with van der Waals surface area (Å²) in [4.78, 5) is 16.1. The van der Waals surface area contributed by atoms with Gasteiger partial charge in [0.05, 0.1) is 13.7 Å². The topological polar surface area (TPSA) is 81.7 Å². The first kappa shape index (κ1) is 39.9. The summed E-state index contributed by atoms with van der Waals surface area (Å²) in [6.45, 7) is 18.6. The average Bonchev–Trinajstić information content (AvgIpc) is 3.41. The van der Waals surface area contributed by atoms with E-state index < -0.39 is 44.0 Å². The molecule has 1 heterocycles. The molecule has 3 aliphatic rings. The van der Waals surface area contributed by atoms with Crippen LogP contribution in [0.5, 0.6) is 5.75 Å². The Balaban J connectivity index is 1.63. The van der Waals surface area contributed by atoms with Gasteiger partial charge in [0.2, 0.25) is 0 Å². The van der Waals surface area contributed by atoms with Gasteiger partial charge in [-0.05, 0) is 48.6 Å². The number of allylic oxidation sites excluding steroid dienone is 1. The Morgan fingerprint density at radius 2 is 1.76 bits per heavy atom. The van der Waals surface area contributed by atoms with E-state index in [0.29, 0.717) is 6.61 Å². The van der Waals surface area contributed by atoms with Gasteiger partial charge in [0, 0.05) is 55.3 Å². The maximum atomic E-state index is 15.0. The highest BCUT2D eigenvalue weighted by Crippen LogP contribution is 2.55. The summed E-state index contributed by atoms with van der Waals surface area (Å²) in [5.74, 6) is -0.156. The molecule has 1 saturated carbocycles. The molecule has 2 fully saturated rings. The van der Waals surface area contributed by atoms with Crippen LogP contribution < -0.4 is 4.74 Å². The zero-order valence-corrected chi connectivity index (χ0v) is 33.5. The Hall–Kier alpha value is -2.28. The van der Waals surface area contributed by atoms with Gasteiger partial charge in [0.25, 0.3) is 0 Å². The van der Waals surface area contributed by atoms with E-state index in [0.717, 1.165) is 35.1 Å². The first-order valence-electron chi connectivity index (χ1n) is 18.2. The molecular formula is C41H58O8SSi. The molecule has 10 heteroatoms. The van der Waals surface area contributed by atoms with Gasteiger partial charge >= 0.3 is 0 Å². The van der Waals surface area contributed by atoms with Crippen molar-refractivity contribution in [2.24, 2.45) is 23.2 Å². The van der Waals surface area contributed by atoms with Gasteiger partial charge in [-0.3, -0.25) is 4.79 Å². The number of thioether (sulfide) groups is 1. The van der Waals surface area contributed by atoms with Crippen LogP contribution in [-0.2, 0) is 33.2 Å². The maximum Gasteiger partial charge on any atom is 0.184 e. The minimum atomic E-state index is -1.34. The molecule has 0 N–H and O–H groups in total. The van der Waals surface area contributed by atoms with Crippen molar-refractivity contribution in [3.05, 3.63) is 84.5 Å². The number of fused-ring (bicyclic) bond motifs is 2. The lowest BCUT2D eigenvalue weighted by atomic mass is 9.69. The van der Waals surface area contributed by atoms with Crippen molar-refractivity contribution in [2.75, 3.05) is 41.0 Å². The van der Waals surface area contributed by atoms with Gasteiger partial charge < -0.3 is 33.2 Å². The Labute approximate surface area is 310 Å². The van der Waals surface area contributed by atoms with Crippen LogP contribution in [-0.4, -0.2) is 77.9 Å². The number of ether oxygens (including phenoxy) is 7. The summed E-state index contributed by atoms with van der Waals surface area (Å²) in [5.41, 5.74) is 0.778. The summed E-state index contributed by atoms with van der Waals surface area (Å²) in [5, 5.41) is -0.185. The number of rotatable bonds is 15. The first-order chi connectivity index (χ1) is 24.3. The summed E-state index contributed by atoms with van der Waals surface area (Å²) < 4.78 is 43.8. The van der Waals surface area contributed by atoms with Crippen molar-refractivity contribution in [3.63, 3.8) is 0 Å². The number of Topliss-reactive ketones (excluding diaryl/α,β-unsaturated/α-hetero) is 1. The van der Waals surface area contributed by atoms with Crippen molar-refractivity contribution in [3.8, 4) is 5.75 Å². The molecular weight excluding hydrogens is 681 g/mol. The van der Waals surface area contributed by atoms with E-state index in [9.17, 15) is 0 Å². The van der Waals surface area contributed by atoms with Gasteiger partial charge in [-0.15, -0.1) is 18.3 Å². The number of benzene rings is 2. The molecule has 0 aromatic heterocycles. The molecule has 0 amide bonds. The quantitative estimate of drug-likeness (QED) is 0.0772. The number of hydrogen-bond donors (Lipinski definition) is 0. The minimum Gasteiger partial charge on any atom is -0.497 e. The zero-order valence-electron chi connectivity index (χ0n) is 31.7. The predicted octanol–water partition coefficient (Wildman–Crippen LogP) is 8.71. The van der Waals surface area contributed by atoms with Crippen LogP contribution >= 0.6 is 11.8 Å². The van der Waals surface area contributed by atoms with Crippen molar-refractivity contribution >= 4 is 25.6 Å². The Kier molecular flexibility index (Phi) is 13.5. The van der Waals surface area contributed by atoms with Crippen LogP contribution in [0.25, 0.3) is 0 Å². The fourth-order valence-corrected chi connectivity index (χ4v) is 10.2. The number of ketones is 1. The lowest BCUT2D eigenvalue weighted by molar-refractivity contribution is -0.323. The molecule has 2 aromatic carbocycles. The summed E-state index contributed by atoms with van der Waals surface area (Å²) in [7, 11) is 1.90. The predicted molar refractivity (Wildman–Crippen MR) is 205 cm³/mol. The van der Waals surface area contributed by atoms with Crippen LogP contribution in [0.2, 0.25) is 25.7 Å².